The van der Waals surface area contributed by atoms with Gasteiger partial charge in [0.15, 0.2) is 6.23 Å². The second-order valence-corrected chi connectivity index (χ2v) is 8.99. The van der Waals surface area contributed by atoms with Crippen LogP contribution in [0.25, 0.3) is 10.6 Å². The molecule has 2 aromatic heterocycles. The van der Waals surface area contributed by atoms with E-state index in [2.05, 4.69) is 15.4 Å². The second kappa shape index (κ2) is 9.82. The molecule has 4 N–H and O–H groups in total. The predicted octanol–water partition coefficient (Wildman–Crippen LogP) is 3.43. The van der Waals surface area contributed by atoms with Gasteiger partial charge in [0.25, 0.3) is 0 Å². The number of nitrogens with zero attached hydrogens (tertiary/aromatic N) is 3. The van der Waals surface area contributed by atoms with Crippen molar-refractivity contribution in [3.05, 3.63) is 52.3 Å². The predicted molar refractivity (Wildman–Crippen MR) is 121 cm³/mol. The number of thiazole rings is 1. The molecule has 1 aromatic carbocycles. The number of ether oxygens (including phenoxy) is 2. The lowest BCUT2D eigenvalue weighted by atomic mass is 10.0. The first-order chi connectivity index (χ1) is 15.8. The fraction of sp³-hybridized carbons (Fsp3) is 0.455. The number of benzene rings is 1. The zero-order valence-electron chi connectivity index (χ0n) is 18.6. The molecule has 1 fully saturated rings. The molecule has 1 unspecified atom stereocenters. The van der Waals surface area contributed by atoms with E-state index in [9.17, 15) is 13.9 Å². The number of aliphatic hydroxyl groups is 1. The van der Waals surface area contributed by atoms with Gasteiger partial charge in [-0.05, 0) is 37.5 Å². The van der Waals surface area contributed by atoms with Gasteiger partial charge in [0.2, 0.25) is 0 Å². The van der Waals surface area contributed by atoms with Crippen LogP contribution in [-0.2, 0) is 16.5 Å². The lowest BCUT2D eigenvalue weighted by Gasteiger charge is -2.20. The average Bonchev–Trinajstić information content (AvgIpc) is 3.32. The molecule has 0 amide bonds. The Morgan fingerprint density at radius 3 is 2.76 bits per heavy atom. The summed E-state index contributed by atoms with van der Waals surface area (Å²) in [5, 5.41) is 19.8. The highest BCUT2D eigenvalue weighted by Gasteiger charge is 2.30. The third-order valence-corrected chi connectivity index (χ3v) is 6.67. The molecule has 11 heteroatoms. The van der Waals surface area contributed by atoms with Gasteiger partial charge in [-0.3, -0.25) is 4.68 Å². The molecule has 4 rings (SSSR count). The van der Waals surface area contributed by atoms with Gasteiger partial charge in [0.1, 0.15) is 28.4 Å². The van der Waals surface area contributed by atoms with Gasteiger partial charge < -0.3 is 25.6 Å². The van der Waals surface area contributed by atoms with Gasteiger partial charge in [-0.2, -0.15) is 5.10 Å². The number of aromatic nitrogens is 3. The molecular formula is C22H27F2N5O3S. The van der Waals surface area contributed by atoms with E-state index >= 15 is 0 Å². The van der Waals surface area contributed by atoms with Gasteiger partial charge in [-0.25, -0.2) is 13.8 Å². The van der Waals surface area contributed by atoms with Gasteiger partial charge in [-0.1, -0.05) is 0 Å². The summed E-state index contributed by atoms with van der Waals surface area (Å²) in [6.07, 6.45) is 1.26. The van der Waals surface area contributed by atoms with Gasteiger partial charge in [-0.15, -0.1) is 11.3 Å². The summed E-state index contributed by atoms with van der Waals surface area (Å²) in [6.45, 7) is 1.96. The standard InChI is InChI=1S/C22H27F2N5O3S/c1-11-6-12(23)19(13(24)7-11)22-28-16(10-33-22)21(30)27-15-8-26-29(2)20(15)17-5-4-14(25)18(31-3)9-32-17/h6-8,10,14,17-18,21,27,30H,4-5,9,25H2,1-3H3/t14-,17+,18-,21?/m1/s1. The zero-order valence-corrected chi connectivity index (χ0v) is 19.4. The number of aryl methyl sites for hydroxylation is 2. The summed E-state index contributed by atoms with van der Waals surface area (Å²) in [5.74, 6) is -1.38. The van der Waals surface area contributed by atoms with E-state index in [1.165, 1.54) is 12.1 Å². The van der Waals surface area contributed by atoms with Gasteiger partial charge in [0, 0.05) is 25.6 Å². The third-order valence-electron chi connectivity index (χ3n) is 5.79. The largest absolute Gasteiger partial charge is 0.377 e. The molecule has 1 saturated heterocycles. The molecule has 0 bridgehead atoms. The van der Waals surface area contributed by atoms with Crippen molar-refractivity contribution in [1.29, 1.82) is 0 Å². The molecule has 0 saturated carbocycles. The Labute approximate surface area is 194 Å². The third kappa shape index (κ3) is 4.92. The molecule has 8 nitrogen and oxygen atoms in total. The number of nitrogens with one attached hydrogen (secondary N) is 1. The van der Waals surface area contributed by atoms with Gasteiger partial charge >= 0.3 is 0 Å². The van der Waals surface area contributed by atoms with Crippen molar-refractivity contribution in [3.63, 3.8) is 0 Å². The number of rotatable bonds is 6. The maximum atomic E-state index is 14.3. The summed E-state index contributed by atoms with van der Waals surface area (Å²) < 4.78 is 41.8. The molecule has 0 radical (unpaired) electrons. The summed E-state index contributed by atoms with van der Waals surface area (Å²) in [6, 6.07) is 2.37. The fourth-order valence-electron chi connectivity index (χ4n) is 4.00. The number of aliphatic hydroxyl groups excluding tert-OH is 1. The van der Waals surface area contributed by atoms with Crippen molar-refractivity contribution >= 4 is 17.0 Å². The maximum absolute atomic E-state index is 14.3. The van der Waals surface area contributed by atoms with E-state index in [1.807, 2.05) is 0 Å². The van der Waals surface area contributed by atoms with Crippen LogP contribution < -0.4 is 11.1 Å². The minimum atomic E-state index is -1.21. The smallest absolute Gasteiger partial charge is 0.169 e. The first-order valence-corrected chi connectivity index (χ1v) is 11.4. The fourth-order valence-corrected chi connectivity index (χ4v) is 4.88. The lowest BCUT2D eigenvalue weighted by molar-refractivity contribution is -0.0212. The monoisotopic (exact) mass is 479 g/mol. The van der Waals surface area contributed by atoms with Crippen LogP contribution in [0.15, 0.2) is 23.7 Å². The van der Waals surface area contributed by atoms with Crippen molar-refractivity contribution < 1.29 is 23.4 Å². The number of hydrogen-bond acceptors (Lipinski definition) is 8. The van der Waals surface area contributed by atoms with Gasteiger partial charge in [0.05, 0.1) is 35.9 Å². The average molecular weight is 480 g/mol. The highest BCUT2D eigenvalue weighted by Crippen LogP contribution is 2.35. The first kappa shape index (κ1) is 23.7. The van der Waals surface area contributed by atoms with Crippen molar-refractivity contribution in [2.24, 2.45) is 12.8 Å². The van der Waals surface area contributed by atoms with E-state index in [-0.39, 0.29) is 34.5 Å². The van der Waals surface area contributed by atoms with Crippen LogP contribution in [0.3, 0.4) is 0 Å². The van der Waals surface area contributed by atoms with Crippen LogP contribution in [0.1, 0.15) is 42.1 Å². The van der Waals surface area contributed by atoms with E-state index in [0.717, 1.165) is 17.0 Å². The molecular weight excluding hydrogens is 452 g/mol. The minimum Gasteiger partial charge on any atom is -0.377 e. The van der Waals surface area contributed by atoms with Crippen LogP contribution in [0.5, 0.6) is 0 Å². The summed E-state index contributed by atoms with van der Waals surface area (Å²) >= 11 is 1.05. The maximum Gasteiger partial charge on any atom is 0.169 e. The highest BCUT2D eigenvalue weighted by atomic mass is 32.1. The number of methoxy groups -OCH3 is 1. The quantitative estimate of drug-likeness (QED) is 0.465. The van der Waals surface area contributed by atoms with Crippen LogP contribution >= 0.6 is 11.3 Å². The molecule has 3 aromatic rings. The second-order valence-electron chi connectivity index (χ2n) is 8.13. The SMILES string of the molecule is CO[C@@H]1CO[C@H](c2c(NC(O)c3csc(-c4c(F)cc(C)cc4F)n3)cnn2C)CC[C@H]1N. The number of hydrogen-bond donors (Lipinski definition) is 3. The zero-order chi connectivity index (χ0) is 23.7. The van der Waals surface area contributed by atoms with Crippen LogP contribution in [0, 0.1) is 18.6 Å². The molecule has 178 valence electrons. The van der Waals surface area contributed by atoms with Crippen LogP contribution in [-0.4, -0.2) is 45.7 Å². The summed E-state index contributed by atoms with van der Waals surface area (Å²) in [4.78, 5) is 4.26. The summed E-state index contributed by atoms with van der Waals surface area (Å²) in [5.41, 5.74) is 8.02. The van der Waals surface area contributed by atoms with Crippen molar-refractivity contribution in [1.82, 2.24) is 14.8 Å². The van der Waals surface area contributed by atoms with E-state index in [0.29, 0.717) is 30.7 Å². The minimum absolute atomic E-state index is 0.133. The molecule has 4 atom stereocenters. The van der Waals surface area contributed by atoms with Crippen molar-refractivity contribution in [3.8, 4) is 10.6 Å². The molecule has 1 aliphatic rings. The highest BCUT2D eigenvalue weighted by molar-refractivity contribution is 7.13. The Kier molecular flexibility index (Phi) is 7.05. The molecule has 1 aliphatic heterocycles. The number of halogens is 2. The number of nitrogens with two attached hydrogens (primary N) is 1. The topological polar surface area (TPSA) is 107 Å². The molecule has 33 heavy (non-hydrogen) atoms. The van der Waals surface area contributed by atoms with Crippen LogP contribution in [0.4, 0.5) is 14.5 Å². The molecule has 0 aliphatic carbocycles. The van der Waals surface area contributed by atoms with E-state index in [1.54, 1.807) is 37.3 Å². The lowest BCUT2D eigenvalue weighted by Crippen LogP contribution is -2.37. The molecule has 3 heterocycles. The Morgan fingerprint density at radius 2 is 2.06 bits per heavy atom. The Hall–Kier alpha value is -2.44. The van der Waals surface area contributed by atoms with E-state index < -0.39 is 17.9 Å². The normalized spacial score (nSPS) is 22.2. The van der Waals surface area contributed by atoms with E-state index in [4.69, 9.17) is 15.2 Å². The Morgan fingerprint density at radius 1 is 1.33 bits per heavy atom. The van der Waals surface area contributed by atoms with Crippen molar-refractivity contribution in [2.45, 2.75) is 44.2 Å². The Balaban J connectivity index is 1.53. The number of anilines is 1. The summed E-state index contributed by atoms with van der Waals surface area (Å²) in [7, 11) is 3.40. The van der Waals surface area contributed by atoms with Crippen LogP contribution in [0.2, 0.25) is 0 Å². The first-order valence-electron chi connectivity index (χ1n) is 10.6. The molecule has 0 spiro atoms. The van der Waals surface area contributed by atoms with Crippen molar-refractivity contribution in [2.75, 3.05) is 19.0 Å². The Bertz CT molecular complexity index is 1100.